The molecule has 0 radical (unpaired) electrons. The van der Waals surface area contributed by atoms with E-state index in [1.807, 2.05) is 0 Å². The summed E-state index contributed by atoms with van der Waals surface area (Å²) in [6, 6.07) is 13.0. The molecule has 0 aliphatic carbocycles. The van der Waals surface area contributed by atoms with Gasteiger partial charge in [0.05, 0.1) is 0 Å². The van der Waals surface area contributed by atoms with Crippen LogP contribution >= 0.6 is 0 Å². The zero-order chi connectivity index (χ0) is 20.3. The van der Waals surface area contributed by atoms with E-state index in [1.165, 1.54) is 18.4 Å². The maximum Gasteiger partial charge on any atom is 0.135 e. The smallest absolute Gasteiger partial charge is 0.135 e. The van der Waals surface area contributed by atoms with Crippen LogP contribution in [-0.2, 0) is 0 Å². The van der Waals surface area contributed by atoms with Gasteiger partial charge in [-0.15, -0.1) is 10.2 Å². The molecule has 5 heteroatoms. The number of nitrogens with one attached hydrogen (secondary N) is 1. The number of hydrogen-bond donors (Lipinski definition) is 1. The maximum atomic E-state index is 4.42. The van der Waals surface area contributed by atoms with Gasteiger partial charge in [-0.3, -0.25) is 4.90 Å². The van der Waals surface area contributed by atoms with Crippen molar-refractivity contribution in [2.45, 2.75) is 84.0 Å². The van der Waals surface area contributed by atoms with Crippen LogP contribution in [0.3, 0.4) is 0 Å². The summed E-state index contributed by atoms with van der Waals surface area (Å²) in [6.45, 7) is 12.3. The molecule has 1 aromatic heterocycles. The minimum absolute atomic E-state index is 0.405. The molecule has 0 amide bonds. The van der Waals surface area contributed by atoms with Gasteiger partial charge in [0.2, 0.25) is 0 Å². The van der Waals surface area contributed by atoms with Crippen LogP contribution in [-0.4, -0.2) is 45.3 Å². The molecule has 1 saturated heterocycles. The molecule has 0 spiro atoms. The summed E-state index contributed by atoms with van der Waals surface area (Å²) >= 11 is 0. The highest BCUT2D eigenvalue weighted by molar-refractivity contribution is 5.18. The van der Waals surface area contributed by atoms with E-state index in [-0.39, 0.29) is 0 Å². The topological polar surface area (TPSA) is 46.0 Å². The minimum atomic E-state index is 0.405. The second-order valence-electron chi connectivity index (χ2n) is 8.73. The van der Waals surface area contributed by atoms with Gasteiger partial charge in [0.1, 0.15) is 11.6 Å². The van der Waals surface area contributed by atoms with E-state index in [9.17, 15) is 0 Å². The number of benzene rings is 1. The fourth-order valence-corrected chi connectivity index (χ4v) is 4.79. The Kier molecular flexibility index (Phi) is 6.89. The first kappa shape index (κ1) is 21.0. The third-order valence-corrected chi connectivity index (χ3v) is 6.34. The van der Waals surface area contributed by atoms with Crippen LogP contribution in [0.4, 0.5) is 0 Å². The van der Waals surface area contributed by atoms with Gasteiger partial charge in [0, 0.05) is 36.6 Å². The summed E-state index contributed by atoms with van der Waals surface area (Å²) in [7, 11) is 2.07. The van der Waals surface area contributed by atoms with E-state index in [0.29, 0.717) is 30.1 Å². The Balaban J connectivity index is 1.60. The van der Waals surface area contributed by atoms with E-state index >= 15 is 0 Å². The van der Waals surface area contributed by atoms with Crippen LogP contribution in [0.5, 0.6) is 0 Å². The Bertz CT molecular complexity index is 739. The molecule has 154 valence electrons. The number of rotatable bonds is 9. The maximum absolute atomic E-state index is 4.42. The average molecular weight is 384 g/mol. The Hall–Kier alpha value is -1.72. The van der Waals surface area contributed by atoms with Crippen LogP contribution in [0.2, 0.25) is 0 Å². The number of aryl methyl sites for hydroxylation is 1. The van der Waals surface area contributed by atoms with Crippen molar-refractivity contribution in [2.24, 2.45) is 0 Å². The molecule has 3 rings (SSSR count). The van der Waals surface area contributed by atoms with E-state index in [4.69, 9.17) is 0 Å². The fourth-order valence-electron chi connectivity index (χ4n) is 4.79. The Labute approximate surface area is 170 Å². The number of aromatic nitrogens is 3. The summed E-state index contributed by atoms with van der Waals surface area (Å²) in [6.07, 6.45) is 3.59. The number of hydrogen-bond acceptors (Lipinski definition) is 4. The first-order valence-corrected chi connectivity index (χ1v) is 10.8. The highest BCUT2D eigenvalue weighted by atomic mass is 15.3. The van der Waals surface area contributed by atoms with Crippen LogP contribution in [0.15, 0.2) is 30.3 Å². The highest BCUT2D eigenvalue weighted by Gasteiger charge is 2.36. The average Bonchev–Trinajstić information content (AvgIpc) is 3.07. The summed E-state index contributed by atoms with van der Waals surface area (Å²) in [4.78, 5) is 2.69. The molecule has 28 heavy (non-hydrogen) atoms. The molecular weight excluding hydrogens is 346 g/mol. The van der Waals surface area contributed by atoms with Crippen LogP contribution in [0.1, 0.15) is 82.2 Å². The summed E-state index contributed by atoms with van der Waals surface area (Å²) < 4.78 is 2.35. The van der Waals surface area contributed by atoms with Crippen molar-refractivity contribution in [3.05, 3.63) is 47.5 Å². The van der Waals surface area contributed by atoms with Crippen molar-refractivity contribution in [3.8, 4) is 0 Å². The number of likely N-dealkylation sites (tertiary alicyclic amines) is 1. The normalized spacial score (nSPS) is 22.2. The van der Waals surface area contributed by atoms with Gasteiger partial charge >= 0.3 is 0 Å². The molecule has 2 aromatic rings. The van der Waals surface area contributed by atoms with E-state index in [1.54, 1.807) is 0 Å². The van der Waals surface area contributed by atoms with Crippen molar-refractivity contribution in [3.63, 3.8) is 0 Å². The van der Waals surface area contributed by atoms with Gasteiger partial charge in [-0.05, 0) is 52.6 Å². The predicted octanol–water partition coefficient (Wildman–Crippen LogP) is 4.47. The van der Waals surface area contributed by atoms with Crippen molar-refractivity contribution >= 4 is 0 Å². The molecule has 4 unspecified atom stereocenters. The summed E-state index contributed by atoms with van der Waals surface area (Å²) in [5, 5.41) is 12.3. The SMILES string of the molecule is CNC(CCN1C(C)CC1CC(C)n1c(C)nnc1C(C)C)c1ccccc1. The van der Waals surface area contributed by atoms with Crippen molar-refractivity contribution in [1.29, 1.82) is 0 Å². The van der Waals surface area contributed by atoms with E-state index in [2.05, 4.69) is 97.0 Å². The minimum Gasteiger partial charge on any atom is -0.313 e. The first-order valence-electron chi connectivity index (χ1n) is 10.8. The van der Waals surface area contributed by atoms with Gasteiger partial charge in [-0.25, -0.2) is 0 Å². The van der Waals surface area contributed by atoms with Crippen LogP contribution in [0.25, 0.3) is 0 Å². The molecule has 1 aliphatic rings. The molecular formula is C23H37N5. The molecule has 2 heterocycles. The van der Waals surface area contributed by atoms with Gasteiger partial charge in [0.15, 0.2) is 0 Å². The molecule has 1 N–H and O–H groups in total. The summed E-state index contributed by atoms with van der Waals surface area (Å²) in [5.74, 6) is 2.56. The largest absolute Gasteiger partial charge is 0.313 e. The molecule has 1 fully saturated rings. The van der Waals surface area contributed by atoms with Crippen molar-refractivity contribution in [1.82, 2.24) is 25.0 Å². The monoisotopic (exact) mass is 383 g/mol. The third kappa shape index (κ3) is 4.47. The molecule has 5 nitrogen and oxygen atoms in total. The van der Waals surface area contributed by atoms with Crippen molar-refractivity contribution < 1.29 is 0 Å². The molecule has 0 saturated carbocycles. The van der Waals surface area contributed by atoms with Gasteiger partial charge < -0.3 is 9.88 Å². The zero-order valence-electron chi connectivity index (χ0n) is 18.4. The van der Waals surface area contributed by atoms with Gasteiger partial charge in [-0.2, -0.15) is 0 Å². The molecule has 1 aromatic carbocycles. The lowest BCUT2D eigenvalue weighted by Gasteiger charge is -2.49. The van der Waals surface area contributed by atoms with Crippen LogP contribution in [0, 0.1) is 6.92 Å². The second kappa shape index (κ2) is 9.19. The van der Waals surface area contributed by atoms with E-state index in [0.717, 1.165) is 24.6 Å². The third-order valence-electron chi connectivity index (χ3n) is 6.34. The molecule has 0 bridgehead atoms. The molecule has 1 aliphatic heterocycles. The highest BCUT2D eigenvalue weighted by Crippen LogP contribution is 2.34. The molecule has 4 atom stereocenters. The summed E-state index contributed by atoms with van der Waals surface area (Å²) in [5.41, 5.74) is 1.38. The lowest BCUT2D eigenvalue weighted by molar-refractivity contribution is 0.0102. The zero-order valence-corrected chi connectivity index (χ0v) is 18.4. The fraction of sp³-hybridized carbons (Fsp3) is 0.652. The van der Waals surface area contributed by atoms with Crippen molar-refractivity contribution in [2.75, 3.05) is 13.6 Å². The van der Waals surface area contributed by atoms with Crippen LogP contribution < -0.4 is 5.32 Å². The quantitative estimate of drug-likeness (QED) is 0.694. The lowest BCUT2D eigenvalue weighted by Crippen LogP contribution is -2.55. The Morgan fingerprint density at radius 2 is 1.86 bits per heavy atom. The Morgan fingerprint density at radius 3 is 2.46 bits per heavy atom. The first-order chi connectivity index (χ1) is 13.4. The predicted molar refractivity (Wildman–Crippen MR) is 116 cm³/mol. The van der Waals surface area contributed by atoms with Gasteiger partial charge in [-0.1, -0.05) is 44.2 Å². The van der Waals surface area contributed by atoms with Gasteiger partial charge in [0.25, 0.3) is 0 Å². The Morgan fingerprint density at radius 1 is 1.14 bits per heavy atom. The number of nitrogens with zero attached hydrogens (tertiary/aromatic N) is 4. The lowest BCUT2D eigenvalue weighted by atomic mass is 9.88. The van der Waals surface area contributed by atoms with E-state index < -0.39 is 0 Å². The standard InChI is InChI=1S/C23H37N5/c1-16(2)23-26-25-19(5)28(23)18(4)15-21-14-17(3)27(21)13-12-22(24-6)20-10-8-7-9-11-20/h7-11,16-18,21-22,24H,12-15H2,1-6H3. The second-order valence-corrected chi connectivity index (χ2v) is 8.73.